The van der Waals surface area contributed by atoms with Crippen LogP contribution in [0.2, 0.25) is 0 Å². The lowest BCUT2D eigenvalue weighted by Gasteiger charge is -2.43. The molecule has 2 nitrogen and oxygen atoms in total. The van der Waals surface area contributed by atoms with Crippen LogP contribution in [0, 0.1) is 0 Å². The van der Waals surface area contributed by atoms with Crippen LogP contribution in [0.1, 0.15) is 31.2 Å². The van der Waals surface area contributed by atoms with Crippen molar-refractivity contribution in [3.63, 3.8) is 0 Å². The van der Waals surface area contributed by atoms with E-state index >= 15 is 0 Å². The lowest BCUT2D eigenvalue weighted by Crippen LogP contribution is -2.45. The molecule has 2 rings (SSSR count). The van der Waals surface area contributed by atoms with Gasteiger partial charge in [0.1, 0.15) is 0 Å². The molecule has 0 radical (unpaired) electrons. The molecule has 1 aliphatic rings. The Hall–Kier alpha value is -0.380. The number of likely N-dealkylation sites (N-methyl/N-ethyl adjacent to an activating group) is 1. The molecule has 0 aromatic heterocycles. The molecule has 0 amide bonds. The molecule has 3 heteroatoms. The number of halogens is 1. The zero-order chi connectivity index (χ0) is 13.0. The number of hydrogen-bond donors (Lipinski definition) is 1. The van der Waals surface area contributed by atoms with E-state index < -0.39 is 0 Å². The van der Waals surface area contributed by atoms with Crippen LogP contribution in [0.4, 0.5) is 0 Å². The number of hydrogen-bond acceptors (Lipinski definition) is 2. The average Bonchev–Trinajstić information content (AvgIpc) is 2.35. The van der Waals surface area contributed by atoms with Gasteiger partial charge in [0.05, 0.1) is 5.60 Å². The first-order valence-corrected chi connectivity index (χ1v) is 7.44. The third kappa shape index (κ3) is 3.14. The molecule has 1 aliphatic carbocycles. The highest BCUT2D eigenvalue weighted by atomic mass is 79.9. The minimum Gasteiger partial charge on any atom is -0.378 e. The largest absolute Gasteiger partial charge is 0.378 e. The molecule has 0 saturated heterocycles. The fraction of sp³-hybridized carbons (Fsp3) is 0.600. The van der Waals surface area contributed by atoms with Gasteiger partial charge in [-0.3, -0.25) is 0 Å². The van der Waals surface area contributed by atoms with Crippen molar-refractivity contribution < 1.29 is 4.74 Å². The van der Waals surface area contributed by atoms with Gasteiger partial charge in [0.15, 0.2) is 0 Å². The van der Waals surface area contributed by atoms with Gasteiger partial charge in [-0.2, -0.15) is 0 Å². The summed E-state index contributed by atoms with van der Waals surface area (Å²) in [5.41, 5.74) is 1.50. The van der Waals surface area contributed by atoms with Crippen LogP contribution in [-0.4, -0.2) is 25.8 Å². The molecule has 1 aromatic rings. The van der Waals surface area contributed by atoms with Crippen LogP contribution in [0.5, 0.6) is 0 Å². The van der Waals surface area contributed by atoms with Crippen molar-refractivity contribution in [1.29, 1.82) is 0 Å². The standard InChI is InChI=1S/C15H22BrNO/c1-17-13(11-15(18-2)8-5-9-15)10-12-6-3-4-7-14(12)16/h3-4,6-7,13,17H,5,8-11H2,1-2H3. The molecule has 100 valence electrons. The summed E-state index contributed by atoms with van der Waals surface area (Å²) in [6, 6.07) is 8.93. The van der Waals surface area contributed by atoms with Crippen molar-refractivity contribution in [3.05, 3.63) is 34.3 Å². The van der Waals surface area contributed by atoms with Crippen molar-refractivity contribution in [2.45, 2.75) is 43.7 Å². The maximum Gasteiger partial charge on any atom is 0.0693 e. The van der Waals surface area contributed by atoms with Crippen molar-refractivity contribution in [2.75, 3.05) is 14.2 Å². The smallest absolute Gasteiger partial charge is 0.0693 e. The molecule has 1 saturated carbocycles. The van der Waals surface area contributed by atoms with Gasteiger partial charge >= 0.3 is 0 Å². The zero-order valence-electron chi connectivity index (χ0n) is 11.2. The minimum atomic E-state index is 0.134. The van der Waals surface area contributed by atoms with Gasteiger partial charge in [-0.25, -0.2) is 0 Å². The van der Waals surface area contributed by atoms with E-state index in [9.17, 15) is 0 Å². The monoisotopic (exact) mass is 311 g/mol. The molecule has 1 atom stereocenters. The lowest BCUT2D eigenvalue weighted by atomic mass is 9.75. The first-order chi connectivity index (χ1) is 8.69. The summed E-state index contributed by atoms with van der Waals surface area (Å²) in [5, 5.41) is 3.44. The maximum atomic E-state index is 5.72. The van der Waals surface area contributed by atoms with E-state index in [0.717, 1.165) is 12.8 Å². The highest BCUT2D eigenvalue weighted by Crippen LogP contribution is 2.39. The Bertz CT molecular complexity index is 384. The summed E-state index contributed by atoms with van der Waals surface area (Å²) in [7, 11) is 3.90. The summed E-state index contributed by atoms with van der Waals surface area (Å²) < 4.78 is 6.92. The number of benzene rings is 1. The first kappa shape index (κ1) is 14.0. The van der Waals surface area contributed by atoms with E-state index in [-0.39, 0.29) is 5.60 Å². The van der Waals surface area contributed by atoms with Gasteiger partial charge in [-0.15, -0.1) is 0 Å². The summed E-state index contributed by atoms with van der Waals surface area (Å²) in [6.45, 7) is 0. The summed E-state index contributed by atoms with van der Waals surface area (Å²) in [5.74, 6) is 0. The topological polar surface area (TPSA) is 21.3 Å². The average molecular weight is 312 g/mol. The highest BCUT2D eigenvalue weighted by Gasteiger charge is 2.38. The predicted molar refractivity (Wildman–Crippen MR) is 78.9 cm³/mol. The third-order valence-corrected chi connectivity index (χ3v) is 4.92. The molecule has 1 aromatic carbocycles. The number of nitrogens with one attached hydrogen (secondary N) is 1. The highest BCUT2D eigenvalue weighted by molar-refractivity contribution is 9.10. The second-order valence-corrected chi connectivity index (χ2v) is 6.08. The molecular weight excluding hydrogens is 290 g/mol. The second kappa shape index (κ2) is 6.18. The summed E-state index contributed by atoms with van der Waals surface area (Å²) >= 11 is 3.62. The number of rotatable bonds is 6. The first-order valence-electron chi connectivity index (χ1n) is 6.65. The van der Waals surface area contributed by atoms with Crippen LogP contribution in [-0.2, 0) is 11.2 Å². The Balaban J connectivity index is 1.99. The summed E-state index contributed by atoms with van der Waals surface area (Å²) in [6.07, 6.45) is 5.86. The van der Waals surface area contributed by atoms with E-state index in [4.69, 9.17) is 4.74 Å². The Morgan fingerprint density at radius 2 is 2.11 bits per heavy atom. The van der Waals surface area contributed by atoms with Gasteiger partial charge in [0.2, 0.25) is 0 Å². The van der Waals surface area contributed by atoms with E-state index in [1.165, 1.54) is 29.3 Å². The van der Waals surface area contributed by atoms with Crippen LogP contribution < -0.4 is 5.32 Å². The lowest BCUT2D eigenvalue weighted by molar-refractivity contribution is -0.0830. The third-order valence-electron chi connectivity index (χ3n) is 4.15. The van der Waals surface area contributed by atoms with E-state index in [1.54, 1.807) is 0 Å². The van der Waals surface area contributed by atoms with E-state index in [0.29, 0.717) is 6.04 Å². The molecule has 0 heterocycles. The fourth-order valence-corrected chi connectivity index (χ4v) is 3.16. The Labute approximate surface area is 118 Å². The molecule has 0 spiro atoms. The van der Waals surface area contributed by atoms with Crippen LogP contribution in [0.25, 0.3) is 0 Å². The molecule has 1 N–H and O–H groups in total. The Morgan fingerprint density at radius 1 is 1.39 bits per heavy atom. The minimum absolute atomic E-state index is 0.134. The van der Waals surface area contributed by atoms with Gasteiger partial charge in [0, 0.05) is 17.6 Å². The van der Waals surface area contributed by atoms with Gasteiger partial charge in [-0.1, -0.05) is 34.1 Å². The van der Waals surface area contributed by atoms with Crippen molar-refractivity contribution in [2.24, 2.45) is 0 Å². The van der Waals surface area contributed by atoms with Crippen molar-refractivity contribution >= 4 is 15.9 Å². The summed E-state index contributed by atoms with van der Waals surface area (Å²) in [4.78, 5) is 0. The zero-order valence-corrected chi connectivity index (χ0v) is 12.8. The Kier molecular flexibility index (Phi) is 4.82. The molecule has 0 aliphatic heterocycles. The SMILES string of the molecule is CNC(Cc1ccccc1Br)CC1(OC)CCC1. The van der Waals surface area contributed by atoms with Gasteiger partial charge in [-0.05, 0) is 50.8 Å². The Morgan fingerprint density at radius 3 is 2.61 bits per heavy atom. The van der Waals surface area contributed by atoms with Crippen LogP contribution in [0.15, 0.2) is 28.7 Å². The van der Waals surface area contributed by atoms with Gasteiger partial charge < -0.3 is 10.1 Å². The number of methoxy groups -OCH3 is 1. The van der Waals surface area contributed by atoms with Crippen molar-refractivity contribution in [3.8, 4) is 0 Å². The van der Waals surface area contributed by atoms with E-state index in [1.807, 2.05) is 14.2 Å². The second-order valence-electron chi connectivity index (χ2n) is 5.23. The maximum absolute atomic E-state index is 5.72. The molecule has 18 heavy (non-hydrogen) atoms. The molecule has 1 unspecified atom stereocenters. The van der Waals surface area contributed by atoms with Gasteiger partial charge in [0.25, 0.3) is 0 Å². The quantitative estimate of drug-likeness (QED) is 0.867. The van der Waals surface area contributed by atoms with Crippen LogP contribution in [0.3, 0.4) is 0 Å². The predicted octanol–water partition coefficient (Wildman–Crippen LogP) is 3.54. The van der Waals surface area contributed by atoms with E-state index in [2.05, 4.69) is 45.5 Å². The molecule has 1 fully saturated rings. The molecule has 0 bridgehead atoms. The molecular formula is C15H22BrNO. The normalized spacial score (nSPS) is 19.3. The fourth-order valence-electron chi connectivity index (χ4n) is 2.72. The van der Waals surface area contributed by atoms with Crippen molar-refractivity contribution in [1.82, 2.24) is 5.32 Å². The number of ether oxygens (including phenoxy) is 1. The van der Waals surface area contributed by atoms with Crippen LogP contribution >= 0.6 is 15.9 Å².